The zero-order valence-electron chi connectivity index (χ0n) is 17.4. The average molecular weight is 345 g/mol. The molecule has 1 heterocycles. The molecule has 0 radical (unpaired) electrons. The fourth-order valence-electron chi connectivity index (χ4n) is 6.00. The summed E-state index contributed by atoms with van der Waals surface area (Å²) < 4.78 is 6.25. The molecule has 3 rings (SSSR count). The monoisotopic (exact) mass is 344 g/mol. The van der Waals surface area contributed by atoms with Crippen LogP contribution < -0.4 is 0 Å². The van der Waals surface area contributed by atoms with E-state index in [1.807, 2.05) is 6.26 Å². The number of hydrogen-bond donors (Lipinski definition) is 0. The lowest BCUT2D eigenvalue weighted by Crippen LogP contribution is -2.29. The summed E-state index contributed by atoms with van der Waals surface area (Å²) in [5, 5.41) is 0. The molecule has 6 atom stereocenters. The third-order valence-electron chi connectivity index (χ3n) is 7.51. The van der Waals surface area contributed by atoms with Gasteiger partial charge in [0.25, 0.3) is 0 Å². The lowest BCUT2D eigenvalue weighted by atomic mass is 9.64. The second-order valence-electron chi connectivity index (χ2n) is 10.1. The van der Waals surface area contributed by atoms with Crippen LogP contribution in [-0.2, 0) is 0 Å². The van der Waals surface area contributed by atoms with Crippen molar-refractivity contribution in [2.75, 3.05) is 0 Å². The highest BCUT2D eigenvalue weighted by atomic mass is 16.3. The van der Waals surface area contributed by atoms with E-state index in [4.69, 9.17) is 4.42 Å². The zero-order valence-corrected chi connectivity index (χ0v) is 17.4. The van der Waals surface area contributed by atoms with Crippen molar-refractivity contribution >= 4 is 0 Å². The first kappa shape index (κ1) is 19.1. The summed E-state index contributed by atoms with van der Waals surface area (Å²) in [5.74, 6) is 7.55. The van der Waals surface area contributed by atoms with Crippen molar-refractivity contribution in [1.29, 1.82) is 0 Å². The highest BCUT2D eigenvalue weighted by molar-refractivity contribution is 5.28. The van der Waals surface area contributed by atoms with E-state index in [-0.39, 0.29) is 0 Å². The van der Waals surface area contributed by atoms with Gasteiger partial charge in [0, 0.05) is 5.92 Å². The van der Waals surface area contributed by atoms with Gasteiger partial charge in [0.2, 0.25) is 0 Å². The van der Waals surface area contributed by atoms with E-state index in [9.17, 15) is 0 Å². The fraction of sp³-hybridized carbons (Fsp3) is 0.833. The lowest BCUT2D eigenvalue weighted by Gasteiger charge is -2.40. The summed E-state index contributed by atoms with van der Waals surface area (Å²) >= 11 is 0. The van der Waals surface area contributed by atoms with Crippen LogP contribution in [0.25, 0.3) is 0 Å². The molecule has 0 bridgehead atoms. The maximum Gasteiger partial charge on any atom is 0.110 e. The van der Waals surface area contributed by atoms with Crippen molar-refractivity contribution in [3.63, 3.8) is 0 Å². The van der Waals surface area contributed by atoms with Crippen molar-refractivity contribution in [2.45, 2.75) is 91.9 Å². The predicted molar refractivity (Wildman–Crippen MR) is 107 cm³/mol. The van der Waals surface area contributed by atoms with E-state index in [0.29, 0.717) is 11.8 Å². The normalized spacial score (nSPS) is 37.0. The van der Waals surface area contributed by atoms with E-state index >= 15 is 0 Å². The standard InChI is InChI=1S/C24H40O/c1-15(2)19-9-7-17(5)13-22(19)21-11-12-25-24(21)23-14-18(6)8-10-20(23)16(3)4/h11-12,15-20,22-23H,7-10,13-14H2,1-6H3. The SMILES string of the molecule is CC1CCC(C(C)C)C(c2ccoc2C2CC(C)CCC2C(C)C)C1. The van der Waals surface area contributed by atoms with E-state index in [2.05, 4.69) is 47.6 Å². The van der Waals surface area contributed by atoms with E-state index in [1.165, 1.54) is 44.3 Å². The van der Waals surface area contributed by atoms with Gasteiger partial charge in [-0.3, -0.25) is 0 Å². The number of furan rings is 1. The summed E-state index contributed by atoms with van der Waals surface area (Å²) in [5.41, 5.74) is 1.58. The van der Waals surface area contributed by atoms with Gasteiger partial charge in [-0.15, -0.1) is 0 Å². The minimum Gasteiger partial charge on any atom is -0.469 e. The Morgan fingerprint density at radius 1 is 0.800 bits per heavy atom. The molecule has 0 N–H and O–H groups in total. The Kier molecular flexibility index (Phi) is 6.01. The molecule has 2 fully saturated rings. The number of hydrogen-bond acceptors (Lipinski definition) is 1. The Bertz CT molecular complexity index is 494. The van der Waals surface area contributed by atoms with Gasteiger partial charge in [0.15, 0.2) is 0 Å². The Balaban J connectivity index is 1.92. The molecule has 1 heteroatoms. The molecular weight excluding hydrogens is 304 g/mol. The molecule has 0 aliphatic heterocycles. The van der Waals surface area contributed by atoms with Gasteiger partial charge >= 0.3 is 0 Å². The van der Waals surface area contributed by atoms with Crippen LogP contribution in [-0.4, -0.2) is 0 Å². The van der Waals surface area contributed by atoms with Gasteiger partial charge in [-0.05, 0) is 78.7 Å². The highest BCUT2D eigenvalue weighted by Crippen LogP contribution is 2.50. The summed E-state index contributed by atoms with van der Waals surface area (Å²) in [7, 11) is 0. The third kappa shape index (κ3) is 4.01. The topological polar surface area (TPSA) is 13.1 Å². The summed E-state index contributed by atoms with van der Waals surface area (Å²) in [6.45, 7) is 14.6. The van der Waals surface area contributed by atoms with Gasteiger partial charge in [-0.25, -0.2) is 0 Å². The maximum atomic E-state index is 6.25. The molecule has 25 heavy (non-hydrogen) atoms. The second kappa shape index (κ2) is 7.89. The Morgan fingerprint density at radius 3 is 1.88 bits per heavy atom. The summed E-state index contributed by atoms with van der Waals surface area (Å²) in [6.07, 6.45) is 10.2. The van der Waals surface area contributed by atoms with Gasteiger partial charge in [0.1, 0.15) is 5.76 Å². The first-order valence-corrected chi connectivity index (χ1v) is 11.0. The minimum atomic E-state index is 0.638. The molecule has 2 aliphatic rings. The molecular formula is C24H40O. The summed E-state index contributed by atoms with van der Waals surface area (Å²) in [4.78, 5) is 0. The molecule has 0 saturated heterocycles. The van der Waals surface area contributed by atoms with Crippen molar-refractivity contribution in [2.24, 2.45) is 35.5 Å². The van der Waals surface area contributed by atoms with Crippen molar-refractivity contribution in [3.05, 3.63) is 23.7 Å². The van der Waals surface area contributed by atoms with Crippen LogP contribution in [0.4, 0.5) is 0 Å². The molecule has 0 spiro atoms. The minimum absolute atomic E-state index is 0.638. The van der Waals surface area contributed by atoms with Gasteiger partial charge in [-0.2, -0.15) is 0 Å². The van der Waals surface area contributed by atoms with Crippen LogP contribution in [0.15, 0.2) is 16.7 Å². The second-order valence-corrected chi connectivity index (χ2v) is 10.1. The van der Waals surface area contributed by atoms with E-state index in [1.54, 1.807) is 5.56 Å². The van der Waals surface area contributed by atoms with Crippen molar-refractivity contribution < 1.29 is 4.42 Å². The Labute approximate surface area is 156 Å². The smallest absolute Gasteiger partial charge is 0.110 e. The van der Waals surface area contributed by atoms with Gasteiger partial charge < -0.3 is 4.42 Å². The molecule has 6 unspecified atom stereocenters. The number of rotatable bonds is 4. The lowest BCUT2D eigenvalue weighted by molar-refractivity contribution is 0.168. The van der Waals surface area contributed by atoms with E-state index in [0.717, 1.165) is 35.5 Å². The average Bonchev–Trinajstić information content (AvgIpc) is 3.03. The molecule has 142 valence electrons. The molecule has 1 aromatic heterocycles. The van der Waals surface area contributed by atoms with Crippen LogP contribution >= 0.6 is 0 Å². The van der Waals surface area contributed by atoms with Crippen LogP contribution in [0.1, 0.15) is 103 Å². The first-order valence-electron chi connectivity index (χ1n) is 11.0. The highest BCUT2D eigenvalue weighted by Gasteiger charge is 2.39. The molecule has 1 aromatic rings. The van der Waals surface area contributed by atoms with Crippen molar-refractivity contribution in [3.8, 4) is 0 Å². The van der Waals surface area contributed by atoms with Crippen molar-refractivity contribution in [1.82, 2.24) is 0 Å². The fourth-order valence-corrected chi connectivity index (χ4v) is 6.00. The quantitative estimate of drug-likeness (QED) is 0.547. The van der Waals surface area contributed by atoms with Gasteiger partial charge in [0.05, 0.1) is 6.26 Å². The van der Waals surface area contributed by atoms with Crippen LogP contribution in [0, 0.1) is 35.5 Å². The molecule has 1 nitrogen and oxygen atoms in total. The molecule has 0 amide bonds. The Hall–Kier alpha value is -0.720. The maximum absolute atomic E-state index is 6.25. The van der Waals surface area contributed by atoms with Gasteiger partial charge in [-0.1, -0.05) is 54.4 Å². The molecule has 0 aromatic carbocycles. The third-order valence-corrected chi connectivity index (χ3v) is 7.51. The van der Waals surface area contributed by atoms with Crippen LogP contribution in [0.3, 0.4) is 0 Å². The Morgan fingerprint density at radius 2 is 1.32 bits per heavy atom. The molecule has 2 aliphatic carbocycles. The largest absolute Gasteiger partial charge is 0.469 e. The molecule has 2 saturated carbocycles. The predicted octanol–water partition coefficient (Wildman–Crippen LogP) is 7.63. The zero-order chi connectivity index (χ0) is 18.1. The summed E-state index contributed by atoms with van der Waals surface area (Å²) in [6, 6.07) is 2.34. The van der Waals surface area contributed by atoms with Crippen LogP contribution in [0.2, 0.25) is 0 Å². The first-order chi connectivity index (χ1) is 11.9. The van der Waals surface area contributed by atoms with E-state index < -0.39 is 0 Å². The van der Waals surface area contributed by atoms with Crippen LogP contribution in [0.5, 0.6) is 0 Å².